The van der Waals surface area contributed by atoms with E-state index in [0.717, 1.165) is 22.7 Å². The smallest absolute Gasteiger partial charge is 0.550 e. The molecule has 0 saturated heterocycles. The first-order valence-corrected chi connectivity index (χ1v) is 11.2. The number of carbonyl (C=O) groups is 1. The molecule has 2 heterocycles. The monoisotopic (exact) mass is 443 g/mol. The van der Waals surface area contributed by atoms with Gasteiger partial charge in [0.1, 0.15) is 0 Å². The van der Waals surface area contributed by atoms with Crippen molar-refractivity contribution in [1.82, 2.24) is 14.1 Å². The minimum Gasteiger partial charge on any atom is -0.550 e. The van der Waals surface area contributed by atoms with Crippen LogP contribution in [0.2, 0.25) is 0 Å². The molecule has 0 aliphatic carbocycles. The fourth-order valence-electron chi connectivity index (χ4n) is 4.02. The number of aromatic nitrogens is 3. The molecule has 0 amide bonds. The number of aryl methyl sites for hydroxylation is 4. The van der Waals surface area contributed by atoms with E-state index in [-0.39, 0.29) is 36.0 Å². The Labute approximate surface area is 209 Å². The molecular formula is C24H26N3NaO2S. The van der Waals surface area contributed by atoms with Crippen LogP contribution in [-0.2, 0) is 18.4 Å². The van der Waals surface area contributed by atoms with Crippen molar-refractivity contribution < 1.29 is 39.5 Å². The molecule has 2 aromatic carbocycles. The fraction of sp³-hybridized carbons (Fsp3) is 0.333. The summed E-state index contributed by atoms with van der Waals surface area (Å²) in [5.74, 6) is -0.300. The standard InChI is InChI=1S/C24H27N3O2S.Na/c1-15-7-5-8-20-23(15)18(13-26(20)4)14-27-21-12-17(3)16(2)11-19(21)25-24(27)30-10-6-9-22(28)29;/h5,7-8,11-13H,6,9-10,14H2,1-4H3,(H,28,29);/q;+1/p-1. The van der Waals surface area contributed by atoms with Crippen LogP contribution in [0.15, 0.2) is 41.7 Å². The molecule has 156 valence electrons. The SMILES string of the molecule is Cc1cc2nc(SCCCC(=O)[O-])n(Cc3cn(C)c4cccc(C)c34)c2cc1C.[Na+]. The molecule has 4 aromatic rings. The van der Waals surface area contributed by atoms with E-state index in [1.54, 1.807) is 11.8 Å². The van der Waals surface area contributed by atoms with Crippen molar-refractivity contribution in [2.45, 2.75) is 45.3 Å². The molecule has 0 N–H and O–H groups in total. The first-order chi connectivity index (χ1) is 14.3. The number of nitrogens with zero attached hydrogens (tertiary/aromatic N) is 3. The van der Waals surface area contributed by atoms with E-state index in [0.29, 0.717) is 12.2 Å². The normalized spacial score (nSPS) is 11.2. The average Bonchev–Trinajstić information content (AvgIpc) is 3.18. The van der Waals surface area contributed by atoms with Crippen molar-refractivity contribution in [1.29, 1.82) is 0 Å². The minimum absolute atomic E-state index is 0. The fourth-order valence-corrected chi connectivity index (χ4v) is 4.98. The summed E-state index contributed by atoms with van der Waals surface area (Å²) in [7, 11) is 2.08. The van der Waals surface area contributed by atoms with E-state index in [1.807, 2.05) is 0 Å². The molecule has 2 aromatic heterocycles. The van der Waals surface area contributed by atoms with E-state index in [1.165, 1.54) is 33.2 Å². The van der Waals surface area contributed by atoms with E-state index in [2.05, 4.69) is 73.5 Å². The van der Waals surface area contributed by atoms with Crippen LogP contribution in [0.25, 0.3) is 21.9 Å². The number of benzene rings is 2. The Morgan fingerprint density at radius 2 is 1.84 bits per heavy atom. The van der Waals surface area contributed by atoms with Crippen LogP contribution >= 0.6 is 11.8 Å². The van der Waals surface area contributed by atoms with E-state index < -0.39 is 5.97 Å². The van der Waals surface area contributed by atoms with Gasteiger partial charge in [-0.2, -0.15) is 0 Å². The van der Waals surface area contributed by atoms with Crippen molar-refractivity contribution in [3.8, 4) is 0 Å². The van der Waals surface area contributed by atoms with Crippen LogP contribution in [-0.4, -0.2) is 25.8 Å². The summed E-state index contributed by atoms with van der Waals surface area (Å²) in [4.78, 5) is 15.6. The Balaban J connectivity index is 0.00000272. The number of hydrogen-bond donors (Lipinski definition) is 0. The van der Waals surface area contributed by atoms with Crippen LogP contribution in [0.4, 0.5) is 0 Å². The maximum absolute atomic E-state index is 10.7. The molecule has 0 atom stereocenters. The summed E-state index contributed by atoms with van der Waals surface area (Å²) in [6, 6.07) is 10.8. The quantitative estimate of drug-likeness (QED) is 0.244. The Morgan fingerprint density at radius 1 is 1.10 bits per heavy atom. The first kappa shape index (κ1) is 23.9. The van der Waals surface area contributed by atoms with Crippen molar-refractivity contribution in [2.24, 2.45) is 7.05 Å². The van der Waals surface area contributed by atoms with Crippen LogP contribution in [0.3, 0.4) is 0 Å². The van der Waals surface area contributed by atoms with Gasteiger partial charge in [0.25, 0.3) is 0 Å². The van der Waals surface area contributed by atoms with Crippen LogP contribution < -0.4 is 34.7 Å². The van der Waals surface area contributed by atoms with Gasteiger partial charge >= 0.3 is 29.6 Å². The summed E-state index contributed by atoms with van der Waals surface area (Å²) in [5.41, 5.74) is 8.32. The molecule has 0 bridgehead atoms. The molecule has 7 heteroatoms. The molecule has 0 spiro atoms. The molecular weight excluding hydrogens is 417 g/mol. The summed E-state index contributed by atoms with van der Waals surface area (Å²) in [6.45, 7) is 7.11. The van der Waals surface area contributed by atoms with E-state index in [9.17, 15) is 9.90 Å². The second-order valence-electron chi connectivity index (χ2n) is 7.96. The van der Waals surface area contributed by atoms with Gasteiger partial charge in [-0.3, -0.25) is 0 Å². The second kappa shape index (κ2) is 9.82. The maximum Gasteiger partial charge on any atom is 1.00 e. The Bertz CT molecular complexity index is 1260. The number of aliphatic carboxylic acids is 1. The molecule has 0 aliphatic rings. The number of thioether (sulfide) groups is 1. The van der Waals surface area contributed by atoms with Gasteiger partial charge in [-0.1, -0.05) is 23.9 Å². The zero-order valence-corrected chi connectivity index (χ0v) is 21.7. The number of rotatable bonds is 7. The minimum atomic E-state index is -0.999. The number of carboxylic acids is 1. The third kappa shape index (κ3) is 4.87. The van der Waals surface area contributed by atoms with Gasteiger partial charge < -0.3 is 19.0 Å². The Hall–Kier alpha value is -1.73. The van der Waals surface area contributed by atoms with E-state index in [4.69, 9.17) is 4.98 Å². The molecule has 0 fully saturated rings. The van der Waals surface area contributed by atoms with Gasteiger partial charge in [0.05, 0.1) is 17.6 Å². The molecule has 0 unspecified atom stereocenters. The zero-order valence-electron chi connectivity index (χ0n) is 18.9. The van der Waals surface area contributed by atoms with Crippen molar-refractivity contribution in [3.63, 3.8) is 0 Å². The average molecular weight is 444 g/mol. The molecule has 0 radical (unpaired) electrons. The zero-order chi connectivity index (χ0) is 21.4. The predicted molar refractivity (Wildman–Crippen MR) is 121 cm³/mol. The predicted octanol–water partition coefficient (Wildman–Crippen LogP) is 1.13. The number of carboxylic acid groups (broad SMARTS) is 1. The summed E-state index contributed by atoms with van der Waals surface area (Å²) >= 11 is 1.62. The summed E-state index contributed by atoms with van der Waals surface area (Å²) in [5, 5.41) is 13.0. The van der Waals surface area contributed by atoms with Crippen molar-refractivity contribution in [2.75, 3.05) is 5.75 Å². The van der Waals surface area contributed by atoms with Gasteiger partial charge in [0.15, 0.2) is 5.16 Å². The van der Waals surface area contributed by atoms with Crippen LogP contribution in [0.5, 0.6) is 0 Å². The summed E-state index contributed by atoms with van der Waals surface area (Å²) in [6.07, 6.45) is 2.85. The summed E-state index contributed by atoms with van der Waals surface area (Å²) < 4.78 is 4.45. The van der Waals surface area contributed by atoms with Gasteiger partial charge in [-0.25, -0.2) is 4.98 Å². The molecule has 0 saturated carbocycles. The largest absolute Gasteiger partial charge is 1.00 e. The van der Waals surface area contributed by atoms with Crippen LogP contribution in [0.1, 0.15) is 35.1 Å². The van der Waals surface area contributed by atoms with Gasteiger partial charge in [-0.15, -0.1) is 0 Å². The van der Waals surface area contributed by atoms with Gasteiger partial charge in [-0.05, 0) is 74.1 Å². The Kier molecular flexibility index (Phi) is 7.58. The Morgan fingerprint density at radius 3 is 2.58 bits per heavy atom. The van der Waals surface area contributed by atoms with Gasteiger partial charge in [0, 0.05) is 35.9 Å². The molecule has 31 heavy (non-hydrogen) atoms. The molecule has 4 rings (SSSR count). The van der Waals surface area contributed by atoms with Crippen molar-refractivity contribution in [3.05, 3.63) is 58.8 Å². The van der Waals surface area contributed by atoms with Crippen LogP contribution in [0, 0.1) is 20.8 Å². The number of hydrogen-bond acceptors (Lipinski definition) is 4. The van der Waals surface area contributed by atoms with Gasteiger partial charge in [0.2, 0.25) is 0 Å². The van der Waals surface area contributed by atoms with E-state index >= 15 is 0 Å². The van der Waals surface area contributed by atoms with Crippen molar-refractivity contribution >= 4 is 39.7 Å². The molecule has 0 aliphatic heterocycles. The number of carbonyl (C=O) groups excluding carboxylic acids is 1. The third-order valence-corrected chi connectivity index (χ3v) is 6.78. The third-order valence-electron chi connectivity index (χ3n) is 5.71. The number of imidazole rings is 1. The molecule has 5 nitrogen and oxygen atoms in total. The second-order valence-corrected chi connectivity index (χ2v) is 9.03. The maximum atomic E-state index is 10.7. The topological polar surface area (TPSA) is 62.9 Å². The number of fused-ring (bicyclic) bond motifs is 2. The first-order valence-electron chi connectivity index (χ1n) is 10.2.